The van der Waals surface area contributed by atoms with Crippen LogP contribution in [-0.2, 0) is 4.79 Å². The molecule has 0 aliphatic carbocycles. The summed E-state index contributed by atoms with van der Waals surface area (Å²) < 4.78 is 5.86. The molecule has 1 atom stereocenters. The van der Waals surface area contributed by atoms with Crippen molar-refractivity contribution < 1.29 is 9.53 Å². The summed E-state index contributed by atoms with van der Waals surface area (Å²) in [4.78, 5) is 12.2. The summed E-state index contributed by atoms with van der Waals surface area (Å²) in [6.45, 7) is 2.07. The maximum absolute atomic E-state index is 12.2. The fraction of sp³-hybridized carbons (Fsp3) is 0.316. The van der Waals surface area contributed by atoms with Gasteiger partial charge in [-0.25, -0.2) is 0 Å². The summed E-state index contributed by atoms with van der Waals surface area (Å²) in [5, 5.41) is 6.80. The van der Waals surface area contributed by atoms with Gasteiger partial charge in [0.2, 0.25) is 5.91 Å². The second-order valence-electron chi connectivity index (χ2n) is 5.97. The van der Waals surface area contributed by atoms with E-state index in [1.165, 1.54) is 0 Å². The zero-order chi connectivity index (χ0) is 16.8. The van der Waals surface area contributed by atoms with Crippen LogP contribution < -0.4 is 15.4 Å². The van der Waals surface area contributed by atoms with Gasteiger partial charge in [0, 0.05) is 6.42 Å². The Labute approximate surface area is 159 Å². The van der Waals surface area contributed by atoms with Gasteiger partial charge >= 0.3 is 0 Å². The molecular weight excluding hydrogens is 359 g/mol. The molecule has 0 spiro atoms. The van der Waals surface area contributed by atoms with Gasteiger partial charge in [-0.15, -0.1) is 12.4 Å². The molecule has 1 amide bonds. The van der Waals surface area contributed by atoms with E-state index in [2.05, 4.69) is 10.6 Å². The van der Waals surface area contributed by atoms with Crippen molar-refractivity contribution in [2.24, 2.45) is 5.92 Å². The van der Waals surface area contributed by atoms with Crippen molar-refractivity contribution >= 4 is 35.6 Å². The average Bonchev–Trinajstić information content (AvgIpc) is 3.10. The second-order valence-corrected chi connectivity index (χ2v) is 6.38. The lowest BCUT2D eigenvalue weighted by Crippen LogP contribution is -2.15. The average molecular weight is 381 g/mol. The maximum atomic E-state index is 12.2. The molecule has 0 radical (unpaired) electrons. The molecule has 0 bridgehead atoms. The Hall–Kier alpha value is -1.75. The first-order chi connectivity index (χ1) is 11.7. The normalized spacial score (nSPS) is 16.1. The monoisotopic (exact) mass is 380 g/mol. The van der Waals surface area contributed by atoms with Gasteiger partial charge in [0.1, 0.15) is 5.75 Å². The zero-order valence-corrected chi connectivity index (χ0v) is 15.4. The number of nitrogens with one attached hydrogen (secondary N) is 2. The third kappa shape index (κ3) is 5.63. The van der Waals surface area contributed by atoms with Crippen LogP contribution in [0.2, 0.25) is 5.02 Å². The van der Waals surface area contributed by atoms with E-state index in [4.69, 9.17) is 16.3 Å². The fourth-order valence-corrected chi connectivity index (χ4v) is 2.99. The predicted molar refractivity (Wildman–Crippen MR) is 104 cm³/mol. The highest BCUT2D eigenvalue weighted by Crippen LogP contribution is 2.33. The Bertz CT molecular complexity index is 703. The predicted octanol–water partition coefficient (Wildman–Crippen LogP) is 4.88. The molecule has 4 nitrogen and oxygen atoms in total. The number of halogens is 2. The van der Waals surface area contributed by atoms with Crippen molar-refractivity contribution in [2.75, 3.05) is 18.4 Å². The number of benzene rings is 2. The van der Waals surface area contributed by atoms with Crippen molar-refractivity contribution in [3.05, 3.63) is 53.6 Å². The number of hydrogen-bond acceptors (Lipinski definition) is 3. The lowest BCUT2D eigenvalue weighted by Gasteiger charge is -2.13. The van der Waals surface area contributed by atoms with Gasteiger partial charge in [-0.3, -0.25) is 4.79 Å². The van der Waals surface area contributed by atoms with Crippen LogP contribution in [0.4, 0.5) is 5.69 Å². The SMILES string of the molecule is Cl.O=C(CCC1CCNC1)Nc1ccccc1Oc1ccccc1Cl. The quantitative estimate of drug-likeness (QED) is 0.750. The van der Waals surface area contributed by atoms with Crippen LogP contribution in [0, 0.1) is 5.92 Å². The van der Waals surface area contributed by atoms with E-state index in [-0.39, 0.29) is 18.3 Å². The van der Waals surface area contributed by atoms with E-state index in [0.717, 1.165) is 25.9 Å². The molecule has 2 aromatic rings. The third-order valence-corrected chi connectivity index (χ3v) is 4.47. The lowest BCUT2D eigenvalue weighted by molar-refractivity contribution is -0.116. The van der Waals surface area contributed by atoms with Crippen LogP contribution in [0.25, 0.3) is 0 Å². The van der Waals surface area contributed by atoms with Gasteiger partial charge in [-0.05, 0) is 56.1 Å². The standard InChI is InChI=1S/C19H21ClN2O2.ClH/c20-15-5-1-3-7-17(15)24-18-8-4-2-6-16(18)22-19(23)10-9-14-11-12-21-13-14;/h1-8,14,21H,9-13H2,(H,22,23);1H. The Morgan fingerprint density at radius 3 is 2.60 bits per heavy atom. The van der Waals surface area contributed by atoms with Gasteiger partial charge in [-0.2, -0.15) is 0 Å². The first-order valence-corrected chi connectivity index (χ1v) is 8.62. The molecule has 1 aliphatic rings. The van der Waals surface area contributed by atoms with E-state index in [0.29, 0.717) is 34.5 Å². The molecule has 1 saturated heterocycles. The summed E-state index contributed by atoms with van der Waals surface area (Å²) >= 11 is 6.14. The molecule has 0 aromatic heterocycles. The fourth-order valence-electron chi connectivity index (χ4n) is 2.81. The number of carbonyl (C=O) groups excluding carboxylic acids is 1. The van der Waals surface area contributed by atoms with Crippen molar-refractivity contribution in [1.82, 2.24) is 5.32 Å². The van der Waals surface area contributed by atoms with Crippen molar-refractivity contribution in [3.63, 3.8) is 0 Å². The third-order valence-electron chi connectivity index (χ3n) is 4.16. The number of para-hydroxylation sites is 3. The van der Waals surface area contributed by atoms with Crippen LogP contribution in [0.3, 0.4) is 0 Å². The lowest BCUT2D eigenvalue weighted by atomic mass is 10.0. The minimum atomic E-state index is 0. The summed E-state index contributed by atoms with van der Waals surface area (Å²) in [6, 6.07) is 14.7. The van der Waals surface area contributed by atoms with Gasteiger partial charge in [0.25, 0.3) is 0 Å². The van der Waals surface area contributed by atoms with E-state index < -0.39 is 0 Å². The number of carbonyl (C=O) groups is 1. The molecule has 2 aromatic carbocycles. The Balaban J connectivity index is 0.00000225. The molecule has 1 heterocycles. The van der Waals surface area contributed by atoms with Gasteiger partial charge < -0.3 is 15.4 Å². The summed E-state index contributed by atoms with van der Waals surface area (Å²) in [6.07, 6.45) is 2.58. The first-order valence-electron chi connectivity index (χ1n) is 8.24. The van der Waals surface area contributed by atoms with Gasteiger partial charge in [0.15, 0.2) is 5.75 Å². The zero-order valence-electron chi connectivity index (χ0n) is 13.8. The molecule has 25 heavy (non-hydrogen) atoms. The maximum Gasteiger partial charge on any atom is 0.224 e. The second kappa shape index (κ2) is 9.66. The smallest absolute Gasteiger partial charge is 0.224 e. The van der Waals surface area contributed by atoms with Crippen LogP contribution in [0.15, 0.2) is 48.5 Å². The highest BCUT2D eigenvalue weighted by atomic mass is 35.5. The minimum absolute atomic E-state index is 0. The molecule has 134 valence electrons. The summed E-state index contributed by atoms with van der Waals surface area (Å²) in [5.41, 5.74) is 0.659. The number of ether oxygens (including phenoxy) is 1. The minimum Gasteiger partial charge on any atom is -0.454 e. The molecule has 1 fully saturated rings. The van der Waals surface area contributed by atoms with Crippen LogP contribution in [-0.4, -0.2) is 19.0 Å². The van der Waals surface area contributed by atoms with E-state index >= 15 is 0 Å². The van der Waals surface area contributed by atoms with E-state index in [9.17, 15) is 4.79 Å². The number of amides is 1. The van der Waals surface area contributed by atoms with Gasteiger partial charge in [-0.1, -0.05) is 35.9 Å². The molecule has 1 unspecified atom stereocenters. The molecule has 0 saturated carbocycles. The highest BCUT2D eigenvalue weighted by molar-refractivity contribution is 6.32. The number of rotatable bonds is 6. The van der Waals surface area contributed by atoms with Crippen LogP contribution in [0.1, 0.15) is 19.3 Å². The van der Waals surface area contributed by atoms with Crippen molar-refractivity contribution in [1.29, 1.82) is 0 Å². The highest BCUT2D eigenvalue weighted by Gasteiger charge is 2.16. The number of anilines is 1. The van der Waals surface area contributed by atoms with E-state index in [1.54, 1.807) is 12.1 Å². The van der Waals surface area contributed by atoms with Gasteiger partial charge in [0.05, 0.1) is 10.7 Å². The largest absolute Gasteiger partial charge is 0.454 e. The topological polar surface area (TPSA) is 50.4 Å². The van der Waals surface area contributed by atoms with Crippen molar-refractivity contribution in [2.45, 2.75) is 19.3 Å². The molecule has 3 rings (SSSR count). The molecular formula is C19H22Cl2N2O2. The van der Waals surface area contributed by atoms with Crippen LogP contribution >= 0.6 is 24.0 Å². The first kappa shape index (κ1) is 19.6. The summed E-state index contributed by atoms with van der Waals surface area (Å²) in [5.74, 6) is 1.77. The van der Waals surface area contributed by atoms with Crippen molar-refractivity contribution in [3.8, 4) is 11.5 Å². The Morgan fingerprint density at radius 1 is 1.16 bits per heavy atom. The van der Waals surface area contributed by atoms with Crippen LogP contribution in [0.5, 0.6) is 11.5 Å². The summed E-state index contributed by atoms with van der Waals surface area (Å²) in [7, 11) is 0. The molecule has 1 aliphatic heterocycles. The van der Waals surface area contributed by atoms with E-state index in [1.807, 2.05) is 36.4 Å². The molecule has 6 heteroatoms. The Morgan fingerprint density at radius 2 is 1.88 bits per heavy atom. The molecule has 2 N–H and O–H groups in total. The number of hydrogen-bond donors (Lipinski definition) is 2. The Kier molecular flexibility index (Phi) is 7.56.